The molecule has 1 amide bonds. The van der Waals surface area contributed by atoms with Crippen LogP contribution in [0.15, 0.2) is 41.2 Å². The molecule has 0 spiro atoms. The van der Waals surface area contributed by atoms with Gasteiger partial charge in [-0.25, -0.2) is 0 Å². The van der Waals surface area contributed by atoms with E-state index >= 15 is 0 Å². The van der Waals surface area contributed by atoms with E-state index in [4.69, 9.17) is 4.74 Å². The Hall–Kier alpha value is -2.14. The van der Waals surface area contributed by atoms with Crippen molar-refractivity contribution in [3.8, 4) is 0 Å². The largest absolute Gasteiger partial charge is 0.375 e. The average molecular weight is 342 g/mol. The van der Waals surface area contributed by atoms with Crippen LogP contribution in [0.2, 0.25) is 0 Å². The first-order valence-electron chi connectivity index (χ1n) is 8.93. The summed E-state index contributed by atoms with van der Waals surface area (Å²) in [4.78, 5) is 27.2. The summed E-state index contributed by atoms with van der Waals surface area (Å²) >= 11 is 0. The van der Waals surface area contributed by atoms with Crippen molar-refractivity contribution < 1.29 is 9.53 Å². The monoisotopic (exact) mass is 342 g/mol. The number of rotatable bonds is 4. The number of amides is 1. The van der Waals surface area contributed by atoms with E-state index in [0.29, 0.717) is 13.2 Å². The fraction of sp³-hybridized carbons (Fsp3) is 0.500. The maximum Gasteiger partial charge on any atom is 0.251 e. The molecule has 1 aromatic carbocycles. The third-order valence-electron chi connectivity index (χ3n) is 4.97. The van der Waals surface area contributed by atoms with Crippen molar-refractivity contribution in [1.29, 1.82) is 0 Å². The summed E-state index contributed by atoms with van der Waals surface area (Å²) in [7, 11) is 0. The number of hydrogen-bond acceptors (Lipinski definition) is 3. The second-order valence-electron chi connectivity index (χ2n) is 7.25. The summed E-state index contributed by atoms with van der Waals surface area (Å²) in [5, 5.41) is 0.963. The molecular weight excluding hydrogens is 316 g/mol. The number of ether oxygens (including phenoxy) is 1. The number of carbonyl (C=O) groups excluding carboxylic acids is 1. The number of aromatic nitrogens is 1. The molecule has 0 radical (unpaired) electrons. The Kier molecular flexibility index (Phi) is 4.95. The third kappa shape index (κ3) is 3.76. The van der Waals surface area contributed by atoms with Gasteiger partial charge in [0.05, 0.1) is 11.1 Å². The first-order chi connectivity index (χ1) is 11.9. The van der Waals surface area contributed by atoms with Gasteiger partial charge in [0.25, 0.3) is 5.56 Å². The van der Waals surface area contributed by atoms with Crippen LogP contribution in [0.3, 0.4) is 0 Å². The van der Waals surface area contributed by atoms with Gasteiger partial charge in [-0.15, -0.1) is 0 Å². The predicted molar refractivity (Wildman–Crippen MR) is 98.6 cm³/mol. The van der Waals surface area contributed by atoms with Crippen molar-refractivity contribution in [3.63, 3.8) is 0 Å². The number of carbonyl (C=O) groups is 1. The molecule has 134 valence electrons. The third-order valence-corrected chi connectivity index (χ3v) is 4.97. The Bertz CT molecular complexity index is 825. The van der Waals surface area contributed by atoms with Crippen molar-refractivity contribution in [2.24, 2.45) is 0 Å². The van der Waals surface area contributed by atoms with E-state index in [1.54, 1.807) is 10.6 Å². The molecule has 0 N–H and O–H groups in total. The summed E-state index contributed by atoms with van der Waals surface area (Å²) in [6.45, 7) is 7.49. The highest BCUT2D eigenvalue weighted by Gasteiger charge is 2.33. The fourth-order valence-electron chi connectivity index (χ4n) is 3.74. The van der Waals surface area contributed by atoms with Crippen molar-refractivity contribution in [3.05, 3.63) is 46.8 Å². The number of benzene rings is 1. The van der Waals surface area contributed by atoms with Crippen LogP contribution in [-0.4, -0.2) is 40.2 Å². The normalized spacial score (nSPS) is 19.7. The van der Waals surface area contributed by atoms with E-state index in [1.807, 2.05) is 36.1 Å². The van der Waals surface area contributed by atoms with Crippen molar-refractivity contribution in [1.82, 2.24) is 9.47 Å². The van der Waals surface area contributed by atoms with Crippen molar-refractivity contribution in [2.75, 3.05) is 13.2 Å². The molecule has 1 aliphatic rings. The van der Waals surface area contributed by atoms with Gasteiger partial charge in [-0.3, -0.25) is 14.2 Å². The van der Waals surface area contributed by atoms with Gasteiger partial charge in [0.15, 0.2) is 0 Å². The zero-order valence-corrected chi connectivity index (χ0v) is 15.2. The van der Waals surface area contributed by atoms with Gasteiger partial charge in [0.1, 0.15) is 6.54 Å². The number of fused-ring (bicyclic) bond motifs is 1. The highest BCUT2D eigenvalue weighted by Crippen LogP contribution is 2.27. The molecule has 1 fully saturated rings. The number of para-hydroxylation sites is 1. The SMILES string of the molecule is CCN(C(=O)Cn1c(=O)ccc2ccccc21)[C@H]1CCOC(C)(C)C1. The molecule has 2 heterocycles. The lowest BCUT2D eigenvalue weighted by molar-refractivity contribution is -0.140. The van der Waals surface area contributed by atoms with Crippen LogP contribution in [0.25, 0.3) is 10.9 Å². The topological polar surface area (TPSA) is 51.5 Å². The van der Waals surface area contributed by atoms with Crippen LogP contribution >= 0.6 is 0 Å². The van der Waals surface area contributed by atoms with E-state index in [0.717, 1.165) is 23.7 Å². The first-order valence-corrected chi connectivity index (χ1v) is 8.93. The van der Waals surface area contributed by atoms with Crippen LogP contribution in [0, 0.1) is 0 Å². The highest BCUT2D eigenvalue weighted by atomic mass is 16.5. The van der Waals surface area contributed by atoms with Crippen LogP contribution in [0.4, 0.5) is 0 Å². The lowest BCUT2D eigenvalue weighted by Gasteiger charge is -2.41. The van der Waals surface area contributed by atoms with E-state index < -0.39 is 0 Å². The molecule has 0 unspecified atom stereocenters. The maximum absolute atomic E-state index is 13.0. The van der Waals surface area contributed by atoms with Crippen LogP contribution in [0.1, 0.15) is 33.6 Å². The second-order valence-corrected chi connectivity index (χ2v) is 7.25. The number of likely N-dealkylation sites (N-methyl/N-ethyl adjacent to an activating group) is 1. The van der Waals surface area contributed by atoms with Gasteiger partial charge in [0.2, 0.25) is 5.91 Å². The number of nitrogens with zero attached hydrogens (tertiary/aromatic N) is 2. The molecular formula is C20H26N2O3. The van der Waals surface area contributed by atoms with Crippen LogP contribution in [-0.2, 0) is 16.1 Å². The smallest absolute Gasteiger partial charge is 0.251 e. The molecule has 0 aliphatic carbocycles. The Labute approximate surface area is 148 Å². The van der Waals surface area contributed by atoms with E-state index in [1.165, 1.54) is 6.07 Å². The Morgan fingerprint density at radius 1 is 1.28 bits per heavy atom. The Morgan fingerprint density at radius 2 is 2.04 bits per heavy atom. The zero-order valence-electron chi connectivity index (χ0n) is 15.2. The second kappa shape index (κ2) is 7.00. The summed E-state index contributed by atoms with van der Waals surface area (Å²) in [5.74, 6) is -0.0105. The maximum atomic E-state index is 13.0. The molecule has 1 atom stereocenters. The molecule has 0 saturated carbocycles. The first kappa shape index (κ1) is 17.7. The number of hydrogen-bond donors (Lipinski definition) is 0. The Morgan fingerprint density at radius 3 is 2.76 bits per heavy atom. The van der Waals surface area contributed by atoms with E-state index in [-0.39, 0.29) is 29.7 Å². The van der Waals surface area contributed by atoms with Gasteiger partial charge in [0, 0.05) is 25.3 Å². The average Bonchev–Trinajstić information content (AvgIpc) is 2.57. The minimum absolute atomic E-state index is 0.0105. The van der Waals surface area contributed by atoms with E-state index in [2.05, 4.69) is 13.8 Å². The molecule has 5 nitrogen and oxygen atoms in total. The lowest BCUT2D eigenvalue weighted by atomic mass is 9.92. The van der Waals surface area contributed by atoms with Gasteiger partial charge in [-0.05, 0) is 51.1 Å². The van der Waals surface area contributed by atoms with Crippen molar-refractivity contribution in [2.45, 2.75) is 51.8 Å². The zero-order chi connectivity index (χ0) is 18.0. The summed E-state index contributed by atoms with van der Waals surface area (Å²) < 4.78 is 7.35. The van der Waals surface area contributed by atoms with Gasteiger partial charge in [-0.1, -0.05) is 18.2 Å². The molecule has 1 aliphatic heterocycles. The number of pyridine rings is 1. The van der Waals surface area contributed by atoms with Crippen LogP contribution in [0.5, 0.6) is 0 Å². The molecule has 2 aromatic rings. The fourth-order valence-corrected chi connectivity index (χ4v) is 3.74. The summed E-state index contributed by atoms with van der Waals surface area (Å²) in [6, 6.07) is 11.2. The molecule has 5 heteroatoms. The van der Waals surface area contributed by atoms with Crippen molar-refractivity contribution >= 4 is 16.8 Å². The highest BCUT2D eigenvalue weighted by molar-refractivity contribution is 5.82. The minimum Gasteiger partial charge on any atom is -0.375 e. The summed E-state index contributed by atoms with van der Waals surface area (Å²) in [6.07, 6.45) is 1.66. The standard InChI is InChI=1S/C20H26N2O3/c1-4-21(16-11-12-25-20(2,3)13-16)19(24)14-22-17-8-6-5-7-15(17)9-10-18(22)23/h5-10,16H,4,11-14H2,1-3H3/t16-/m0/s1. The van der Waals surface area contributed by atoms with Crippen LogP contribution < -0.4 is 5.56 Å². The molecule has 1 saturated heterocycles. The molecule has 0 bridgehead atoms. The molecule has 1 aromatic heterocycles. The molecule has 3 rings (SSSR count). The predicted octanol–water partition coefficient (Wildman–Crippen LogP) is 2.81. The van der Waals surface area contributed by atoms with Gasteiger partial charge >= 0.3 is 0 Å². The quantitative estimate of drug-likeness (QED) is 0.858. The lowest BCUT2D eigenvalue weighted by Crippen LogP contribution is -2.49. The minimum atomic E-state index is -0.215. The van der Waals surface area contributed by atoms with Gasteiger partial charge in [-0.2, -0.15) is 0 Å². The molecule has 25 heavy (non-hydrogen) atoms. The van der Waals surface area contributed by atoms with Gasteiger partial charge < -0.3 is 9.64 Å². The van der Waals surface area contributed by atoms with E-state index in [9.17, 15) is 9.59 Å². The summed E-state index contributed by atoms with van der Waals surface area (Å²) in [5.41, 5.74) is 0.439. The Balaban J connectivity index is 1.86.